The smallest absolute Gasteiger partial charge is 0.319 e. The molecule has 0 radical (unpaired) electrons. The Bertz CT molecular complexity index is 1130. The fourth-order valence-electron chi connectivity index (χ4n) is 3.25. The van der Waals surface area contributed by atoms with Gasteiger partial charge in [0.05, 0.1) is 29.5 Å². The van der Waals surface area contributed by atoms with Crippen molar-refractivity contribution in [2.24, 2.45) is 5.92 Å². The normalized spacial score (nSPS) is 17.9. The van der Waals surface area contributed by atoms with Gasteiger partial charge < -0.3 is 15.4 Å². The lowest BCUT2D eigenvalue weighted by Crippen LogP contribution is -2.44. The quantitative estimate of drug-likeness (QED) is 0.303. The zero-order chi connectivity index (χ0) is 23.3. The highest BCUT2D eigenvalue weighted by molar-refractivity contribution is 14.1. The van der Waals surface area contributed by atoms with Crippen LogP contribution in [0, 0.1) is 20.8 Å². The number of nitrogens with one attached hydrogen (secondary N) is 2. The maximum Gasteiger partial charge on any atom is 0.319 e. The number of thioether (sulfide) groups is 1. The number of hydrogen-bond donors (Lipinski definition) is 2. The number of rotatable bonds is 6. The maximum absolute atomic E-state index is 12.8. The molecule has 1 aliphatic heterocycles. The number of benzene rings is 2. The molecule has 7 nitrogen and oxygen atoms in total. The van der Waals surface area contributed by atoms with Crippen LogP contribution in [-0.4, -0.2) is 30.6 Å². The number of anilines is 1. The Balaban J connectivity index is 1.89. The zero-order valence-corrected chi connectivity index (χ0v) is 20.5. The van der Waals surface area contributed by atoms with Crippen LogP contribution < -0.4 is 10.6 Å². The molecule has 0 unspecified atom stereocenters. The highest BCUT2D eigenvalue weighted by Crippen LogP contribution is 2.42. The first-order chi connectivity index (χ1) is 15.3. The third kappa shape index (κ3) is 5.43. The molecule has 0 aliphatic carbocycles. The highest BCUT2D eigenvalue weighted by atomic mass is 127. The van der Waals surface area contributed by atoms with Crippen molar-refractivity contribution in [3.05, 3.63) is 73.3 Å². The number of amides is 2. The Morgan fingerprint density at radius 3 is 2.56 bits per heavy atom. The summed E-state index contributed by atoms with van der Waals surface area (Å²) in [5.74, 6) is -3.97. The largest absolute Gasteiger partial charge is 0.468 e. The van der Waals surface area contributed by atoms with E-state index in [1.54, 1.807) is 36.4 Å². The molecule has 1 heterocycles. The van der Waals surface area contributed by atoms with Crippen molar-refractivity contribution in [1.82, 2.24) is 5.32 Å². The minimum Gasteiger partial charge on any atom is -0.468 e. The van der Waals surface area contributed by atoms with E-state index in [9.17, 15) is 19.6 Å². The number of ether oxygens (including phenoxy) is 1. The van der Waals surface area contributed by atoms with Crippen LogP contribution >= 0.6 is 46.0 Å². The van der Waals surface area contributed by atoms with Crippen molar-refractivity contribution >= 4 is 69.4 Å². The van der Waals surface area contributed by atoms with Crippen LogP contribution in [0.3, 0.4) is 0 Å². The van der Waals surface area contributed by atoms with Gasteiger partial charge in [0.25, 0.3) is 0 Å². The SMILES string of the molecule is COC(=O)[C@H]1C(=O)NC(SCC(=O)Nc2ccc(I)cc2)=C(C#N)[C@H]1c1ccccc1Cl. The second-order valence-electron chi connectivity index (χ2n) is 6.69. The minimum atomic E-state index is -1.28. The summed E-state index contributed by atoms with van der Waals surface area (Å²) in [7, 11) is 1.17. The summed E-state index contributed by atoms with van der Waals surface area (Å²) in [6.45, 7) is 0. The number of allylic oxidation sites excluding steroid dienone is 1. The van der Waals surface area contributed by atoms with Gasteiger partial charge in [-0.15, -0.1) is 0 Å². The van der Waals surface area contributed by atoms with Gasteiger partial charge in [0.2, 0.25) is 11.8 Å². The zero-order valence-electron chi connectivity index (χ0n) is 16.7. The predicted molar refractivity (Wildman–Crippen MR) is 131 cm³/mol. The minimum absolute atomic E-state index is 0.0507. The van der Waals surface area contributed by atoms with E-state index < -0.39 is 23.7 Å². The molecule has 2 amide bonds. The molecule has 2 aromatic rings. The fourth-order valence-corrected chi connectivity index (χ4v) is 4.71. The second-order valence-corrected chi connectivity index (χ2v) is 9.33. The van der Waals surface area contributed by atoms with Crippen molar-refractivity contribution in [1.29, 1.82) is 5.26 Å². The topological polar surface area (TPSA) is 108 Å². The number of halogens is 2. The molecule has 2 atom stereocenters. The molecule has 0 bridgehead atoms. The molecule has 0 aromatic heterocycles. The van der Waals surface area contributed by atoms with Crippen LogP contribution in [0.5, 0.6) is 0 Å². The standard InChI is InChI=1S/C22H17ClIN3O4S/c1-31-22(30)19-18(14-4-2-3-5-16(14)23)15(10-25)21(27-20(19)29)32-11-17(28)26-13-8-6-12(24)7-9-13/h2-9,18-19H,11H2,1H3,(H,26,28)(H,27,29)/t18-,19-/m1/s1. The van der Waals surface area contributed by atoms with E-state index in [0.717, 1.165) is 15.3 Å². The third-order valence-corrected chi connectivity index (χ3v) is 6.78. The number of carbonyl (C=O) groups excluding carboxylic acids is 3. The van der Waals surface area contributed by atoms with Gasteiger partial charge in [0.1, 0.15) is 5.92 Å². The molecule has 2 aromatic carbocycles. The van der Waals surface area contributed by atoms with Crippen LogP contribution in [0.25, 0.3) is 0 Å². The van der Waals surface area contributed by atoms with E-state index in [0.29, 0.717) is 16.3 Å². The van der Waals surface area contributed by atoms with Crippen molar-refractivity contribution in [3.63, 3.8) is 0 Å². The number of nitrogens with zero attached hydrogens (tertiary/aromatic N) is 1. The van der Waals surface area contributed by atoms with E-state index in [1.165, 1.54) is 7.11 Å². The van der Waals surface area contributed by atoms with Crippen molar-refractivity contribution in [2.45, 2.75) is 5.92 Å². The van der Waals surface area contributed by atoms with Gasteiger partial charge in [-0.1, -0.05) is 41.6 Å². The number of esters is 1. The van der Waals surface area contributed by atoms with E-state index in [1.807, 2.05) is 12.1 Å². The first-order valence-corrected chi connectivity index (χ1v) is 11.8. The Hall–Kier alpha value is -2.55. The van der Waals surface area contributed by atoms with Gasteiger partial charge in [-0.25, -0.2) is 0 Å². The average Bonchev–Trinajstić information content (AvgIpc) is 2.78. The van der Waals surface area contributed by atoms with Gasteiger partial charge in [-0.2, -0.15) is 5.26 Å². The second kappa shape index (κ2) is 10.8. The number of methoxy groups -OCH3 is 1. The molecule has 164 valence electrons. The molecule has 0 saturated heterocycles. The summed E-state index contributed by atoms with van der Waals surface area (Å²) in [6, 6.07) is 16.1. The van der Waals surface area contributed by atoms with Gasteiger partial charge in [0.15, 0.2) is 0 Å². The van der Waals surface area contributed by atoms with Crippen LogP contribution in [-0.2, 0) is 19.1 Å². The Morgan fingerprint density at radius 1 is 1.25 bits per heavy atom. The predicted octanol–water partition coefficient (Wildman–Crippen LogP) is 4.05. The summed E-state index contributed by atoms with van der Waals surface area (Å²) in [4.78, 5) is 37.6. The molecule has 1 aliphatic rings. The first-order valence-electron chi connectivity index (χ1n) is 9.31. The van der Waals surface area contributed by atoms with Crippen LogP contribution in [0.1, 0.15) is 11.5 Å². The average molecular weight is 582 g/mol. The van der Waals surface area contributed by atoms with Gasteiger partial charge >= 0.3 is 5.97 Å². The monoisotopic (exact) mass is 581 g/mol. The lowest BCUT2D eigenvalue weighted by molar-refractivity contribution is -0.150. The molecule has 0 fully saturated rings. The lowest BCUT2D eigenvalue weighted by atomic mass is 9.78. The Kier molecular flexibility index (Phi) is 8.17. The maximum atomic E-state index is 12.8. The molecule has 2 N–H and O–H groups in total. The first kappa shape index (κ1) is 24.1. The van der Waals surface area contributed by atoms with E-state index in [2.05, 4.69) is 39.3 Å². The third-order valence-electron chi connectivity index (χ3n) is 4.70. The van der Waals surface area contributed by atoms with E-state index in [4.69, 9.17) is 16.3 Å². The molecule has 0 saturated carbocycles. The molecular formula is C22H17ClIN3O4S. The number of carbonyl (C=O) groups is 3. The molecule has 10 heteroatoms. The summed E-state index contributed by atoms with van der Waals surface area (Å²) in [5.41, 5.74) is 1.23. The van der Waals surface area contributed by atoms with Crippen LogP contribution in [0.2, 0.25) is 5.02 Å². The molecule has 0 spiro atoms. The molecule has 3 rings (SSSR count). The Morgan fingerprint density at radius 2 is 1.94 bits per heavy atom. The highest BCUT2D eigenvalue weighted by Gasteiger charge is 2.45. The lowest BCUT2D eigenvalue weighted by Gasteiger charge is -2.31. The van der Waals surface area contributed by atoms with E-state index >= 15 is 0 Å². The van der Waals surface area contributed by atoms with Crippen molar-refractivity contribution in [3.8, 4) is 6.07 Å². The summed E-state index contributed by atoms with van der Waals surface area (Å²) in [5, 5.41) is 15.8. The van der Waals surface area contributed by atoms with E-state index in [-0.39, 0.29) is 22.3 Å². The molecular weight excluding hydrogens is 565 g/mol. The summed E-state index contributed by atoms with van der Waals surface area (Å²) >= 11 is 9.50. The van der Waals surface area contributed by atoms with Gasteiger partial charge in [-0.05, 0) is 58.5 Å². The Labute approximate surface area is 207 Å². The van der Waals surface area contributed by atoms with Gasteiger partial charge in [0, 0.05) is 20.2 Å². The summed E-state index contributed by atoms with van der Waals surface area (Å²) in [6.07, 6.45) is 0. The van der Waals surface area contributed by atoms with Crippen LogP contribution in [0.4, 0.5) is 5.69 Å². The molecule has 32 heavy (non-hydrogen) atoms. The van der Waals surface area contributed by atoms with Gasteiger partial charge in [-0.3, -0.25) is 14.4 Å². The van der Waals surface area contributed by atoms with Crippen molar-refractivity contribution in [2.75, 3.05) is 18.2 Å². The van der Waals surface area contributed by atoms with Crippen molar-refractivity contribution < 1.29 is 19.1 Å². The van der Waals surface area contributed by atoms with Crippen LogP contribution in [0.15, 0.2) is 59.1 Å². The number of nitriles is 1. The fraction of sp³-hybridized carbons (Fsp3) is 0.182. The number of hydrogen-bond acceptors (Lipinski definition) is 6. The summed E-state index contributed by atoms with van der Waals surface area (Å²) < 4.78 is 5.84.